The summed E-state index contributed by atoms with van der Waals surface area (Å²) in [5, 5.41) is 11.5. The van der Waals surface area contributed by atoms with E-state index in [-0.39, 0.29) is 11.8 Å². The lowest BCUT2D eigenvalue weighted by Crippen LogP contribution is -2.40. The van der Waals surface area contributed by atoms with Crippen LogP contribution in [0.25, 0.3) is 11.5 Å². The predicted molar refractivity (Wildman–Crippen MR) is 119 cm³/mol. The minimum absolute atomic E-state index is 0.0196. The number of rotatable bonds is 6. The Bertz CT molecular complexity index is 977. The van der Waals surface area contributed by atoms with E-state index in [0.29, 0.717) is 18.5 Å². The summed E-state index contributed by atoms with van der Waals surface area (Å²) < 4.78 is 5.87. The van der Waals surface area contributed by atoms with Gasteiger partial charge in [-0.2, -0.15) is 0 Å². The van der Waals surface area contributed by atoms with Gasteiger partial charge in [-0.05, 0) is 55.9 Å². The second-order valence-electron chi connectivity index (χ2n) is 7.58. The van der Waals surface area contributed by atoms with Crippen LogP contribution in [-0.2, 0) is 11.3 Å². The highest BCUT2D eigenvalue weighted by Gasteiger charge is 2.27. The minimum atomic E-state index is 0.0196. The van der Waals surface area contributed by atoms with Crippen LogP contribution in [0.1, 0.15) is 24.0 Å². The van der Waals surface area contributed by atoms with E-state index in [9.17, 15) is 4.79 Å². The number of thioether (sulfide) groups is 1. The number of hydrogen-bond acceptors (Lipinski definition) is 6. The number of hydrogen-bond donors (Lipinski definition) is 1. The molecule has 1 aromatic heterocycles. The molecular formula is C23H26N4O2S. The predicted octanol–water partition coefficient (Wildman–Crippen LogP) is 4.30. The molecule has 2 aromatic carbocycles. The highest BCUT2D eigenvalue weighted by atomic mass is 32.2. The molecule has 1 aliphatic heterocycles. The van der Waals surface area contributed by atoms with Crippen LogP contribution in [0.5, 0.6) is 0 Å². The molecule has 1 amide bonds. The third-order valence-electron chi connectivity index (χ3n) is 5.47. The first-order valence-corrected chi connectivity index (χ1v) is 11.4. The minimum Gasteiger partial charge on any atom is -0.403 e. The number of anilines is 1. The first kappa shape index (κ1) is 20.5. The molecule has 4 rings (SSSR count). The maximum atomic E-state index is 12.6. The summed E-state index contributed by atoms with van der Waals surface area (Å²) in [5.74, 6) is 0.665. The molecule has 1 N–H and O–H groups in total. The number of aromatic nitrogens is 2. The molecule has 1 fully saturated rings. The molecule has 7 heteroatoms. The van der Waals surface area contributed by atoms with E-state index in [1.807, 2.05) is 31.2 Å². The molecule has 0 aliphatic carbocycles. The van der Waals surface area contributed by atoms with Crippen molar-refractivity contribution in [3.8, 4) is 11.5 Å². The molecule has 1 aliphatic rings. The summed E-state index contributed by atoms with van der Waals surface area (Å²) in [7, 11) is 0. The molecule has 156 valence electrons. The first-order chi connectivity index (χ1) is 14.6. The number of benzene rings is 2. The Morgan fingerprint density at radius 3 is 2.47 bits per heavy atom. The molecule has 2 heterocycles. The number of aryl methyl sites for hydroxylation is 1. The van der Waals surface area contributed by atoms with E-state index in [2.05, 4.69) is 50.9 Å². The Labute approximate surface area is 181 Å². The van der Waals surface area contributed by atoms with E-state index in [4.69, 9.17) is 4.42 Å². The average Bonchev–Trinajstić information content (AvgIpc) is 3.29. The summed E-state index contributed by atoms with van der Waals surface area (Å²) >= 11 is 1.71. The Hall–Kier alpha value is -2.80. The lowest BCUT2D eigenvalue weighted by Gasteiger charge is -2.29. The summed E-state index contributed by atoms with van der Waals surface area (Å²) in [4.78, 5) is 15.9. The summed E-state index contributed by atoms with van der Waals surface area (Å²) in [5.41, 5.74) is 3.23. The second-order valence-corrected chi connectivity index (χ2v) is 8.46. The number of carbonyl (C=O) groups is 1. The third-order valence-corrected chi connectivity index (χ3v) is 6.22. The Morgan fingerprint density at radius 2 is 1.80 bits per heavy atom. The van der Waals surface area contributed by atoms with Crippen molar-refractivity contribution in [3.63, 3.8) is 0 Å². The van der Waals surface area contributed by atoms with E-state index in [1.165, 1.54) is 10.5 Å². The molecule has 0 unspecified atom stereocenters. The van der Waals surface area contributed by atoms with Crippen LogP contribution in [0, 0.1) is 12.8 Å². The summed E-state index contributed by atoms with van der Waals surface area (Å²) in [6.07, 6.45) is 3.61. The van der Waals surface area contributed by atoms with Gasteiger partial charge < -0.3 is 14.6 Å². The zero-order chi connectivity index (χ0) is 20.9. The van der Waals surface area contributed by atoms with E-state index in [1.54, 1.807) is 11.8 Å². The Kier molecular flexibility index (Phi) is 6.38. The van der Waals surface area contributed by atoms with Gasteiger partial charge in [-0.1, -0.05) is 34.9 Å². The van der Waals surface area contributed by atoms with Crippen molar-refractivity contribution in [1.29, 1.82) is 0 Å². The van der Waals surface area contributed by atoms with E-state index < -0.39 is 0 Å². The Balaban J connectivity index is 1.28. The fourth-order valence-corrected chi connectivity index (χ4v) is 3.97. The summed E-state index contributed by atoms with van der Waals surface area (Å²) in [6, 6.07) is 16.8. The van der Waals surface area contributed by atoms with Gasteiger partial charge in [-0.25, -0.2) is 0 Å². The van der Waals surface area contributed by atoms with Crippen molar-refractivity contribution in [1.82, 2.24) is 15.5 Å². The standard InChI is InChI=1S/C23H26N4O2S/c1-16-3-7-19(8-4-16)22-25-26-23(29-22)27-13-11-18(12-14-27)21(28)24-15-17-5-9-20(30-2)10-6-17/h3-10,18H,11-15H2,1-2H3,(H,24,28). The van der Waals surface area contributed by atoms with Crippen molar-refractivity contribution >= 4 is 23.7 Å². The maximum Gasteiger partial charge on any atom is 0.318 e. The van der Waals surface area contributed by atoms with Gasteiger partial charge in [0.15, 0.2) is 0 Å². The highest BCUT2D eigenvalue weighted by molar-refractivity contribution is 7.98. The van der Waals surface area contributed by atoms with Crippen LogP contribution in [-0.4, -0.2) is 35.4 Å². The molecule has 0 spiro atoms. The van der Waals surface area contributed by atoms with Crippen molar-refractivity contribution in [2.45, 2.75) is 31.2 Å². The fourth-order valence-electron chi connectivity index (χ4n) is 3.57. The zero-order valence-corrected chi connectivity index (χ0v) is 18.1. The normalized spacial score (nSPS) is 14.7. The quantitative estimate of drug-likeness (QED) is 0.597. The Morgan fingerprint density at radius 1 is 1.10 bits per heavy atom. The van der Waals surface area contributed by atoms with Crippen LogP contribution in [0.2, 0.25) is 0 Å². The monoisotopic (exact) mass is 422 g/mol. The first-order valence-electron chi connectivity index (χ1n) is 10.2. The van der Waals surface area contributed by atoms with Gasteiger partial charge in [0, 0.05) is 36.0 Å². The lowest BCUT2D eigenvalue weighted by atomic mass is 9.96. The van der Waals surface area contributed by atoms with E-state index in [0.717, 1.165) is 37.1 Å². The number of piperidine rings is 1. The van der Waals surface area contributed by atoms with Crippen LogP contribution in [0.15, 0.2) is 57.8 Å². The van der Waals surface area contributed by atoms with Crippen LogP contribution in [0.4, 0.5) is 6.01 Å². The van der Waals surface area contributed by atoms with Gasteiger partial charge in [0.25, 0.3) is 0 Å². The number of nitrogens with zero attached hydrogens (tertiary/aromatic N) is 3. The molecule has 0 bridgehead atoms. The van der Waals surface area contributed by atoms with E-state index >= 15 is 0 Å². The number of nitrogens with one attached hydrogen (secondary N) is 1. The van der Waals surface area contributed by atoms with Crippen LogP contribution < -0.4 is 10.2 Å². The molecule has 6 nitrogen and oxygen atoms in total. The molecule has 30 heavy (non-hydrogen) atoms. The van der Waals surface area contributed by atoms with Crippen molar-refractivity contribution in [3.05, 3.63) is 59.7 Å². The smallest absolute Gasteiger partial charge is 0.318 e. The SMILES string of the molecule is CSc1ccc(CNC(=O)C2CCN(c3nnc(-c4ccc(C)cc4)o3)CC2)cc1. The molecule has 0 saturated carbocycles. The zero-order valence-electron chi connectivity index (χ0n) is 17.3. The average molecular weight is 423 g/mol. The second kappa shape index (κ2) is 9.34. The van der Waals surface area contributed by atoms with Gasteiger partial charge in [0.05, 0.1) is 0 Å². The number of amides is 1. The highest BCUT2D eigenvalue weighted by Crippen LogP contribution is 2.26. The molecule has 1 saturated heterocycles. The lowest BCUT2D eigenvalue weighted by molar-refractivity contribution is -0.125. The van der Waals surface area contributed by atoms with Gasteiger partial charge in [-0.15, -0.1) is 16.9 Å². The maximum absolute atomic E-state index is 12.6. The van der Waals surface area contributed by atoms with Crippen molar-refractivity contribution in [2.24, 2.45) is 5.92 Å². The summed E-state index contributed by atoms with van der Waals surface area (Å²) in [6.45, 7) is 4.08. The van der Waals surface area contributed by atoms with Gasteiger partial charge in [-0.3, -0.25) is 4.79 Å². The van der Waals surface area contributed by atoms with Crippen LogP contribution >= 0.6 is 11.8 Å². The third kappa shape index (κ3) is 4.84. The molecule has 3 aromatic rings. The van der Waals surface area contributed by atoms with Gasteiger partial charge >= 0.3 is 6.01 Å². The topological polar surface area (TPSA) is 71.3 Å². The van der Waals surface area contributed by atoms with Gasteiger partial charge in [0.2, 0.25) is 11.8 Å². The van der Waals surface area contributed by atoms with Crippen molar-refractivity contribution < 1.29 is 9.21 Å². The molecule has 0 atom stereocenters. The number of carbonyl (C=O) groups excluding carboxylic acids is 1. The van der Waals surface area contributed by atoms with Gasteiger partial charge in [0.1, 0.15) is 0 Å². The molecule has 0 radical (unpaired) electrons. The van der Waals surface area contributed by atoms with Crippen molar-refractivity contribution in [2.75, 3.05) is 24.2 Å². The van der Waals surface area contributed by atoms with Crippen LogP contribution in [0.3, 0.4) is 0 Å². The fraction of sp³-hybridized carbons (Fsp3) is 0.348. The largest absolute Gasteiger partial charge is 0.403 e. The molecular weight excluding hydrogens is 396 g/mol.